The summed E-state index contributed by atoms with van der Waals surface area (Å²) in [5.41, 5.74) is 3.66. The molecule has 1 aromatic rings. The molecule has 2 saturated heterocycles. The highest BCUT2D eigenvalue weighted by Gasteiger charge is 2.46. The average Bonchev–Trinajstić information content (AvgIpc) is 3.31. The van der Waals surface area contributed by atoms with Crippen LogP contribution in [0.1, 0.15) is 47.6 Å². The summed E-state index contributed by atoms with van der Waals surface area (Å²) in [6.45, 7) is 2.85. The molecule has 0 amide bonds. The third kappa shape index (κ3) is 2.80. The van der Waals surface area contributed by atoms with Gasteiger partial charge in [0.05, 0.1) is 18.8 Å². The van der Waals surface area contributed by atoms with Gasteiger partial charge < -0.3 is 19.7 Å². The number of rotatable bonds is 4. The van der Waals surface area contributed by atoms with E-state index in [-0.39, 0.29) is 12.1 Å². The third-order valence-corrected chi connectivity index (χ3v) is 5.99. The van der Waals surface area contributed by atoms with Crippen molar-refractivity contribution in [3.05, 3.63) is 29.3 Å². The Labute approximate surface area is 143 Å². The van der Waals surface area contributed by atoms with Crippen molar-refractivity contribution in [2.45, 2.75) is 37.8 Å². The molecule has 1 unspecified atom stereocenters. The van der Waals surface area contributed by atoms with Crippen LogP contribution in [0.25, 0.3) is 0 Å². The number of esters is 1. The minimum absolute atomic E-state index is 0.276. The molecule has 5 nitrogen and oxygen atoms in total. The standard InChI is InChI=1S/C19H26N2O3/c1-23-14-11-21(12-14)17-9-13(18(22)24-2)3-4-15(17)16-10-19(5-6-19)7-8-20-16/h3-4,9,14,16,20H,5-8,10-12H2,1-2H3. The SMILES string of the molecule is COC(=O)c1ccc(C2CC3(CCN2)CC3)c(N2CC(OC)C2)c1. The molecule has 1 saturated carbocycles. The van der Waals surface area contributed by atoms with Crippen molar-refractivity contribution in [2.75, 3.05) is 38.8 Å². The van der Waals surface area contributed by atoms with E-state index in [1.807, 2.05) is 12.1 Å². The van der Waals surface area contributed by atoms with Crippen molar-refractivity contribution in [1.29, 1.82) is 0 Å². The number of ether oxygens (including phenoxy) is 2. The first-order chi connectivity index (χ1) is 11.6. The van der Waals surface area contributed by atoms with Crippen LogP contribution in [-0.2, 0) is 9.47 Å². The van der Waals surface area contributed by atoms with Crippen LogP contribution in [0.2, 0.25) is 0 Å². The highest BCUT2D eigenvalue weighted by Crippen LogP contribution is 2.56. The molecular formula is C19H26N2O3. The maximum absolute atomic E-state index is 11.9. The summed E-state index contributed by atoms with van der Waals surface area (Å²) in [5.74, 6) is -0.276. The van der Waals surface area contributed by atoms with E-state index in [1.165, 1.54) is 38.4 Å². The normalized spacial score (nSPS) is 25.4. The molecule has 1 aliphatic carbocycles. The van der Waals surface area contributed by atoms with Crippen molar-refractivity contribution in [2.24, 2.45) is 5.41 Å². The number of nitrogens with one attached hydrogen (secondary N) is 1. The molecule has 2 heterocycles. The molecule has 0 aromatic heterocycles. The highest BCUT2D eigenvalue weighted by atomic mass is 16.5. The zero-order valence-corrected chi connectivity index (χ0v) is 14.5. The maximum Gasteiger partial charge on any atom is 0.337 e. The Balaban J connectivity index is 1.63. The number of piperidine rings is 1. The summed E-state index contributed by atoms with van der Waals surface area (Å²) in [6.07, 6.45) is 5.54. The van der Waals surface area contributed by atoms with Crippen molar-refractivity contribution in [3.63, 3.8) is 0 Å². The van der Waals surface area contributed by atoms with E-state index in [9.17, 15) is 4.79 Å². The van der Waals surface area contributed by atoms with Gasteiger partial charge in [0.15, 0.2) is 0 Å². The second-order valence-electron chi connectivity index (χ2n) is 7.49. The van der Waals surface area contributed by atoms with Crippen LogP contribution < -0.4 is 10.2 Å². The van der Waals surface area contributed by atoms with E-state index in [4.69, 9.17) is 9.47 Å². The Kier molecular flexibility index (Phi) is 4.01. The first-order valence-corrected chi connectivity index (χ1v) is 8.87. The summed E-state index contributed by atoms with van der Waals surface area (Å²) in [7, 11) is 3.19. The van der Waals surface area contributed by atoms with E-state index in [0.29, 0.717) is 17.0 Å². The smallest absolute Gasteiger partial charge is 0.337 e. The van der Waals surface area contributed by atoms with E-state index < -0.39 is 0 Å². The molecule has 0 radical (unpaired) electrons. The third-order valence-electron chi connectivity index (χ3n) is 5.99. The number of methoxy groups -OCH3 is 2. The number of nitrogens with zero attached hydrogens (tertiary/aromatic N) is 1. The quantitative estimate of drug-likeness (QED) is 0.860. The predicted molar refractivity (Wildman–Crippen MR) is 92.4 cm³/mol. The van der Waals surface area contributed by atoms with Gasteiger partial charge in [0, 0.05) is 31.9 Å². The molecule has 3 fully saturated rings. The number of anilines is 1. The monoisotopic (exact) mass is 330 g/mol. The first kappa shape index (κ1) is 15.9. The molecule has 1 spiro atoms. The van der Waals surface area contributed by atoms with Crippen LogP contribution in [-0.4, -0.2) is 45.9 Å². The van der Waals surface area contributed by atoms with Gasteiger partial charge in [-0.3, -0.25) is 0 Å². The van der Waals surface area contributed by atoms with Crippen molar-refractivity contribution >= 4 is 11.7 Å². The first-order valence-electron chi connectivity index (χ1n) is 8.87. The molecule has 130 valence electrons. The predicted octanol–water partition coefficient (Wildman–Crippen LogP) is 2.51. The van der Waals surface area contributed by atoms with Gasteiger partial charge in [-0.2, -0.15) is 0 Å². The van der Waals surface area contributed by atoms with Gasteiger partial charge in [0.2, 0.25) is 0 Å². The molecule has 1 N–H and O–H groups in total. The Morgan fingerprint density at radius 1 is 1.25 bits per heavy atom. The van der Waals surface area contributed by atoms with Crippen LogP contribution >= 0.6 is 0 Å². The average molecular weight is 330 g/mol. The number of hydrogen-bond donors (Lipinski definition) is 1. The molecule has 24 heavy (non-hydrogen) atoms. The lowest BCUT2D eigenvalue weighted by atomic mass is 9.85. The Bertz CT molecular complexity index is 635. The van der Waals surface area contributed by atoms with Gasteiger partial charge in [0.25, 0.3) is 0 Å². The van der Waals surface area contributed by atoms with Crippen LogP contribution in [0.3, 0.4) is 0 Å². The van der Waals surface area contributed by atoms with Gasteiger partial charge >= 0.3 is 5.97 Å². The van der Waals surface area contributed by atoms with E-state index in [0.717, 1.165) is 25.3 Å². The van der Waals surface area contributed by atoms with Crippen LogP contribution in [0, 0.1) is 5.41 Å². The summed E-state index contributed by atoms with van der Waals surface area (Å²) < 4.78 is 10.3. The molecule has 1 atom stereocenters. The van der Waals surface area contributed by atoms with Gasteiger partial charge in [-0.15, -0.1) is 0 Å². The summed E-state index contributed by atoms with van der Waals surface area (Å²) in [6, 6.07) is 6.38. The number of hydrogen-bond acceptors (Lipinski definition) is 5. The molecule has 3 aliphatic rings. The van der Waals surface area contributed by atoms with E-state index >= 15 is 0 Å². The van der Waals surface area contributed by atoms with Gasteiger partial charge in [-0.25, -0.2) is 4.79 Å². The summed E-state index contributed by atoms with van der Waals surface area (Å²) in [4.78, 5) is 14.2. The largest absolute Gasteiger partial charge is 0.465 e. The Morgan fingerprint density at radius 3 is 2.71 bits per heavy atom. The van der Waals surface area contributed by atoms with Gasteiger partial charge in [0.1, 0.15) is 0 Å². The fourth-order valence-corrected chi connectivity index (χ4v) is 4.11. The lowest BCUT2D eigenvalue weighted by Gasteiger charge is -2.42. The van der Waals surface area contributed by atoms with Crippen LogP contribution in [0.15, 0.2) is 18.2 Å². The number of benzene rings is 1. The maximum atomic E-state index is 11.9. The minimum atomic E-state index is -0.276. The Hall–Kier alpha value is -1.59. The van der Waals surface area contributed by atoms with Crippen molar-refractivity contribution < 1.29 is 14.3 Å². The summed E-state index contributed by atoms with van der Waals surface area (Å²) in [5, 5.41) is 3.69. The molecular weight excluding hydrogens is 304 g/mol. The topological polar surface area (TPSA) is 50.8 Å². The molecule has 1 aromatic carbocycles. The molecule has 0 bridgehead atoms. The van der Waals surface area contributed by atoms with E-state index in [1.54, 1.807) is 7.11 Å². The minimum Gasteiger partial charge on any atom is -0.465 e. The second-order valence-corrected chi connectivity index (χ2v) is 7.49. The summed E-state index contributed by atoms with van der Waals surface area (Å²) >= 11 is 0. The zero-order chi connectivity index (χ0) is 16.7. The van der Waals surface area contributed by atoms with Gasteiger partial charge in [-0.05, 0) is 55.3 Å². The fraction of sp³-hybridized carbons (Fsp3) is 0.632. The lowest BCUT2D eigenvalue weighted by molar-refractivity contribution is 0.0600. The Morgan fingerprint density at radius 2 is 2.04 bits per heavy atom. The van der Waals surface area contributed by atoms with Crippen LogP contribution in [0.4, 0.5) is 5.69 Å². The van der Waals surface area contributed by atoms with Crippen LogP contribution in [0.5, 0.6) is 0 Å². The lowest BCUT2D eigenvalue weighted by Crippen LogP contribution is -2.52. The second kappa shape index (κ2) is 6.05. The highest BCUT2D eigenvalue weighted by molar-refractivity contribution is 5.91. The fourth-order valence-electron chi connectivity index (χ4n) is 4.11. The van der Waals surface area contributed by atoms with Crippen molar-refractivity contribution in [3.8, 4) is 0 Å². The number of carbonyl (C=O) groups excluding carboxylic acids is 1. The number of carbonyl (C=O) groups is 1. The van der Waals surface area contributed by atoms with Crippen molar-refractivity contribution in [1.82, 2.24) is 5.32 Å². The zero-order valence-electron chi connectivity index (χ0n) is 14.5. The van der Waals surface area contributed by atoms with Gasteiger partial charge in [-0.1, -0.05) is 6.07 Å². The molecule has 5 heteroatoms. The van der Waals surface area contributed by atoms with E-state index in [2.05, 4.69) is 16.3 Å². The molecule has 4 rings (SSSR count). The molecule has 2 aliphatic heterocycles.